The fourth-order valence-electron chi connectivity index (χ4n) is 2.59. The minimum atomic E-state index is -0.318. The molecule has 3 rings (SSSR count). The Morgan fingerprint density at radius 1 is 1.12 bits per heavy atom. The number of hydrogen-bond acceptors (Lipinski definition) is 4. The lowest BCUT2D eigenvalue weighted by atomic mass is 10.1. The molecule has 2 aromatic carbocycles. The normalized spacial score (nSPS) is 14.8. The van der Waals surface area contributed by atoms with Crippen LogP contribution in [0.25, 0.3) is 10.8 Å². The molecule has 0 unspecified atom stereocenters. The molecule has 0 radical (unpaired) electrons. The summed E-state index contributed by atoms with van der Waals surface area (Å²) < 4.78 is 18.5. The van der Waals surface area contributed by atoms with E-state index in [1.165, 1.54) is 6.07 Å². The largest absolute Gasteiger partial charge is 0.462 e. The minimum Gasteiger partial charge on any atom is -0.462 e. The van der Waals surface area contributed by atoms with Gasteiger partial charge in [0.1, 0.15) is 11.4 Å². The van der Waals surface area contributed by atoms with Crippen LogP contribution in [0.3, 0.4) is 0 Å². The molecule has 0 saturated carbocycles. The summed E-state index contributed by atoms with van der Waals surface area (Å²) in [6, 6.07) is 11.2. The number of rotatable bonds is 2. The van der Waals surface area contributed by atoms with Crippen molar-refractivity contribution in [1.29, 1.82) is 0 Å². The highest BCUT2D eigenvalue weighted by Gasteiger charge is 2.14. The summed E-state index contributed by atoms with van der Waals surface area (Å²) in [6.07, 6.45) is 0. The van der Waals surface area contributed by atoms with Gasteiger partial charge in [-0.2, -0.15) is 0 Å². The van der Waals surface area contributed by atoms with Crippen LogP contribution in [0.2, 0.25) is 0 Å². The Morgan fingerprint density at radius 2 is 1.75 bits per heavy atom. The number of nitrogens with one attached hydrogen (secondary N) is 1. The minimum absolute atomic E-state index is 0.128. The molecule has 1 fully saturated rings. The number of ether oxygens (including phenoxy) is 1. The van der Waals surface area contributed by atoms with Crippen LogP contribution in [-0.2, 0) is 9.53 Å². The van der Waals surface area contributed by atoms with Crippen molar-refractivity contribution in [2.24, 2.45) is 0 Å². The monoisotopic (exact) mass is 332 g/mol. The van der Waals surface area contributed by atoms with Gasteiger partial charge in [-0.3, -0.25) is 4.79 Å². The Morgan fingerprint density at radius 3 is 2.29 bits per heavy atom. The van der Waals surface area contributed by atoms with E-state index in [1.54, 1.807) is 6.07 Å². The Labute approximate surface area is 142 Å². The molecule has 130 valence electrons. The van der Waals surface area contributed by atoms with E-state index in [9.17, 15) is 9.18 Å². The molecular formula is C19H25FN2O2. The molecule has 0 aliphatic carbocycles. The zero-order valence-electron chi connectivity index (χ0n) is 14.5. The van der Waals surface area contributed by atoms with Gasteiger partial charge in [-0.15, -0.1) is 0 Å². The molecule has 1 saturated heterocycles. The molecule has 24 heavy (non-hydrogen) atoms. The molecule has 0 amide bonds. The van der Waals surface area contributed by atoms with Gasteiger partial charge in [0.25, 0.3) is 6.47 Å². The quantitative estimate of drug-likeness (QED) is 0.857. The van der Waals surface area contributed by atoms with Crippen LogP contribution in [0.15, 0.2) is 36.4 Å². The van der Waals surface area contributed by atoms with Crippen molar-refractivity contribution < 1.29 is 13.9 Å². The van der Waals surface area contributed by atoms with E-state index < -0.39 is 0 Å². The summed E-state index contributed by atoms with van der Waals surface area (Å²) in [5.41, 5.74) is 0.698. The van der Waals surface area contributed by atoms with Crippen molar-refractivity contribution >= 4 is 22.9 Å². The van der Waals surface area contributed by atoms with Crippen molar-refractivity contribution in [3.8, 4) is 0 Å². The molecule has 2 aromatic rings. The Bertz CT molecular complexity index is 671. The molecule has 0 bridgehead atoms. The average Bonchev–Trinajstić information content (AvgIpc) is 2.55. The second-order valence-corrected chi connectivity index (χ2v) is 6.68. The lowest BCUT2D eigenvalue weighted by Gasteiger charge is -2.30. The lowest BCUT2D eigenvalue weighted by molar-refractivity contribution is -0.138. The number of halogens is 1. The van der Waals surface area contributed by atoms with E-state index in [-0.39, 0.29) is 11.4 Å². The maximum absolute atomic E-state index is 14.0. The molecule has 0 spiro atoms. The molecule has 1 aliphatic heterocycles. The third-order valence-corrected chi connectivity index (χ3v) is 3.69. The van der Waals surface area contributed by atoms with Crippen LogP contribution in [0.5, 0.6) is 0 Å². The number of nitrogens with zero attached hydrogens (tertiary/aromatic N) is 1. The van der Waals surface area contributed by atoms with Crippen molar-refractivity contribution in [2.75, 3.05) is 31.1 Å². The van der Waals surface area contributed by atoms with E-state index in [4.69, 9.17) is 0 Å². The van der Waals surface area contributed by atoms with Crippen molar-refractivity contribution in [2.45, 2.75) is 26.4 Å². The van der Waals surface area contributed by atoms with Gasteiger partial charge in [-0.1, -0.05) is 24.3 Å². The first-order valence-corrected chi connectivity index (χ1v) is 8.17. The van der Waals surface area contributed by atoms with Crippen molar-refractivity contribution in [3.63, 3.8) is 0 Å². The van der Waals surface area contributed by atoms with Gasteiger partial charge >= 0.3 is 0 Å². The number of piperazine rings is 1. The summed E-state index contributed by atoms with van der Waals surface area (Å²) in [7, 11) is 0. The highest BCUT2D eigenvalue weighted by atomic mass is 19.1. The molecule has 0 aromatic heterocycles. The van der Waals surface area contributed by atoms with E-state index in [2.05, 4.69) is 15.0 Å². The van der Waals surface area contributed by atoms with Gasteiger partial charge in [0.2, 0.25) is 0 Å². The lowest BCUT2D eigenvalue weighted by Crippen LogP contribution is -2.43. The highest BCUT2D eigenvalue weighted by Crippen LogP contribution is 2.29. The van der Waals surface area contributed by atoms with E-state index in [1.807, 2.05) is 45.0 Å². The van der Waals surface area contributed by atoms with Gasteiger partial charge in [-0.05, 0) is 38.3 Å². The summed E-state index contributed by atoms with van der Waals surface area (Å²) >= 11 is 0. The molecular weight excluding hydrogens is 307 g/mol. The van der Waals surface area contributed by atoms with Crippen molar-refractivity contribution in [3.05, 3.63) is 42.2 Å². The van der Waals surface area contributed by atoms with Crippen LogP contribution < -0.4 is 10.2 Å². The summed E-state index contributed by atoms with van der Waals surface area (Å²) in [5, 5.41) is 5.03. The summed E-state index contributed by atoms with van der Waals surface area (Å²) in [6.45, 7) is 9.72. The molecule has 1 N–H and O–H groups in total. The smallest absolute Gasteiger partial charge is 0.293 e. The standard InChI is InChI=1S/C14H15FN2.C5H10O2/c15-12-5-1-3-11-4-2-6-13(14(11)12)17-9-7-16-8-10-17;1-5(2,3)7-4-6/h1-6,16H,7-10H2;4H,1-3H3. The molecule has 4 nitrogen and oxygen atoms in total. The second-order valence-electron chi connectivity index (χ2n) is 6.68. The van der Waals surface area contributed by atoms with Gasteiger partial charge in [0.05, 0.1) is 0 Å². The van der Waals surface area contributed by atoms with E-state index in [0.717, 1.165) is 42.6 Å². The number of carbonyl (C=O) groups is 1. The van der Waals surface area contributed by atoms with E-state index >= 15 is 0 Å². The third-order valence-electron chi connectivity index (χ3n) is 3.69. The predicted molar refractivity (Wildman–Crippen MR) is 95.9 cm³/mol. The van der Waals surface area contributed by atoms with Crippen LogP contribution in [0.4, 0.5) is 10.1 Å². The zero-order chi connectivity index (χ0) is 17.6. The van der Waals surface area contributed by atoms with Gasteiger partial charge < -0.3 is 15.0 Å². The molecule has 1 heterocycles. The summed E-state index contributed by atoms with van der Waals surface area (Å²) in [5.74, 6) is -0.128. The highest BCUT2D eigenvalue weighted by molar-refractivity contribution is 5.94. The number of carbonyl (C=O) groups excluding carboxylic acids is 1. The van der Waals surface area contributed by atoms with Crippen LogP contribution >= 0.6 is 0 Å². The maximum atomic E-state index is 14.0. The first kappa shape index (κ1) is 18.2. The second kappa shape index (κ2) is 8.11. The van der Waals surface area contributed by atoms with Crippen LogP contribution in [0, 0.1) is 5.82 Å². The topological polar surface area (TPSA) is 41.6 Å². The number of benzene rings is 2. The SMILES string of the molecule is CC(C)(C)OC=O.Fc1cccc2cccc(N3CCNCC3)c12. The maximum Gasteiger partial charge on any atom is 0.293 e. The van der Waals surface area contributed by atoms with Crippen LogP contribution in [-0.4, -0.2) is 38.3 Å². The van der Waals surface area contributed by atoms with Crippen LogP contribution in [0.1, 0.15) is 20.8 Å². The van der Waals surface area contributed by atoms with Gasteiger partial charge in [-0.25, -0.2) is 4.39 Å². The average molecular weight is 332 g/mol. The van der Waals surface area contributed by atoms with Gasteiger partial charge in [0.15, 0.2) is 0 Å². The van der Waals surface area contributed by atoms with E-state index in [0.29, 0.717) is 6.47 Å². The van der Waals surface area contributed by atoms with Gasteiger partial charge in [0, 0.05) is 37.3 Å². The molecule has 5 heteroatoms. The Kier molecular flexibility index (Phi) is 6.15. The molecule has 1 aliphatic rings. The fourth-order valence-corrected chi connectivity index (χ4v) is 2.59. The number of hydrogen-bond donors (Lipinski definition) is 1. The molecule has 0 atom stereocenters. The number of anilines is 1. The zero-order valence-corrected chi connectivity index (χ0v) is 14.5. The van der Waals surface area contributed by atoms with Crippen molar-refractivity contribution in [1.82, 2.24) is 5.32 Å². The fraction of sp³-hybridized carbons (Fsp3) is 0.421. The first-order chi connectivity index (χ1) is 11.4. The Balaban J connectivity index is 0.000000256. The first-order valence-electron chi connectivity index (χ1n) is 8.17. The Hall–Kier alpha value is -2.14. The third kappa shape index (κ3) is 4.93. The predicted octanol–water partition coefficient (Wildman–Crippen LogP) is 3.35. The number of fused-ring (bicyclic) bond motifs is 1. The summed E-state index contributed by atoms with van der Waals surface area (Å²) in [4.78, 5) is 11.9.